The van der Waals surface area contributed by atoms with Crippen molar-refractivity contribution in [2.75, 3.05) is 10.6 Å². The number of hydrogen-bond acceptors (Lipinski definition) is 2. The highest BCUT2D eigenvalue weighted by Gasteiger charge is 2.05. The molecule has 4 aromatic rings. The highest BCUT2D eigenvalue weighted by Crippen LogP contribution is 2.20. The summed E-state index contributed by atoms with van der Waals surface area (Å²) >= 11 is 5.40. The van der Waals surface area contributed by atoms with Gasteiger partial charge in [0.25, 0.3) is 0 Å². The molecule has 0 radical (unpaired) electrons. The first-order chi connectivity index (χ1) is 13.2. The van der Waals surface area contributed by atoms with Crippen LogP contribution in [0.3, 0.4) is 0 Å². The van der Waals surface area contributed by atoms with Crippen LogP contribution in [-0.4, -0.2) is 14.9 Å². The minimum Gasteiger partial charge on any atom is -0.332 e. The first-order valence-corrected chi connectivity index (χ1v) is 9.22. The molecule has 0 saturated heterocycles. The average molecular weight is 372 g/mol. The van der Waals surface area contributed by atoms with Crippen molar-refractivity contribution in [1.82, 2.24) is 9.78 Å². The predicted molar refractivity (Wildman–Crippen MR) is 116 cm³/mol. The molecular weight excluding hydrogens is 352 g/mol. The van der Waals surface area contributed by atoms with E-state index in [9.17, 15) is 0 Å². The number of nitrogens with zero attached hydrogens (tertiary/aromatic N) is 2. The van der Waals surface area contributed by atoms with Gasteiger partial charge in [-0.15, -0.1) is 0 Å². The van der Waals surface area contributed by atoms with E-state index >= 15 is 0 Å². The third kappa shape index (κ3) is 4.15. The van der Waals surface area contributed by atoms with Crippen molar-refractivity contribution in [2.45, 2.75) is 13.5 Å². The highest BCUT2D eigenvalue weighted by molar-refractivity contribution is 7.80. The summed E-state index contributed by atoms with van der Waals surface area (Å²) < 4.78 is 1.92. The monoisotopic (exact) mass is 372 g/mol. The lowest BCUT2D eigenvalue weighted by molar-refractivity contribution is 0.690. The Morgan fingerprint density at radius 2 is 1.74 bits per heavy atom. The molecule has 0 aliphatic rings. The molecule has 2 N–H and O–H groups in total. The normalized spacial score (nSPS) is 10.7. The molecule has 3 aromatic carbocycles. The molecule has 1 aromatic heterocycles. The lowest BCUT2D eigenvalue weighted by atomic mass is 10.0. The quantitative estimate of drug-likeness (QED) is 0.483. The van der Waals surface area contributed by atoms with Crippen molar-refractivity contribution < 1.29 is 0 Å². The summed E-state index contributed by atoms with van der Waals surface area (Å²) in [7, 11) is 0. The van der Waals surface area contributed by atoms with Crippen LogP contribution in [0.5, 0.6) is 0 Å². The van der Waals surface area contributed by atoms with Crippen molar-refractivity contribution in [1.29, 1.82) is 0 Å². The van der Waals surface area contributed by atoms with Gasteiger partial charge in [-0.05, 0) is 53.2 Å². The fraction of sp³-hybridized carbons (Fsp3) is 0.0909. The standard InChI is InChI=1S/C22H20N4S/c1-16-6-4-10-19(12-16)24-22(27)25-20-13-23-26(15-20)14-18-9-5-8-17-7-2-3-11-21(17)18/h2-13,15H,14H2,1H3,(H2,24,25,27). The van der Waals surface area contributed by atoms with Gasteiger partial charge in [-0.3, -0.25) is 4.68 Å². The number of rotatable bonds is 4. The fourth-order valence-electron chi connectivity index (χ4n) is 3.14. The minimum absolute atomic E-state index is 0.547. The maximum Gasteiger partial charge on any atom is 0.175 e. The maximum absolute atomic E-state index is 5.40. The van der Waals surface area contributed by atoms with Gasteiger partial charge in [0.05, 0.1) is 18.4 Å². The fourth-order valence-corrected chi connectivity index (χ4v) is 3.37. The highest BCUT2D eigenvalue weighted by atomic mass is 32.1. The van der Waals surface area contributed by atoms with Gasteiger partial charge < -0.3 is 10.6 Å². The first-order valence-electron chi connectivity index (χ1n) is 8.81. The van der Waals surface area contributed by atoms with E-state index in [4.69, 9.17) is 12.2 Å². The van der Waals surface area contributed by atoms with Crippen molar-refractivity contribution in [3.05, 3.63) is 90.3 Å². The Hall–Kier alpha value is -3.18. The van der Waals surface area contributed by atoms with Crippen molar-refractivity contribution >= 4 is 39.5 Å². The number of hydrogen-bond donors (Lipinski definition) is 2. The third-order valence-corrected chi connectivity index (χ3v) is 4.58. The molecule has 134 valence electrons. The summed E-state index contributed by atoms with van der Waals surface area (Å²) in [5.41, 5.74) is 4.25. The summed E-state index contributed by atoms with van der Waals surface area (Å²) in [4.78, 5) is 0. The molecular formula is C22H20N4S. The molecule has 0 aliphatic carbocycles. The average Bonchev–Trinajstić information content (AvgIpc) is 3.09. The Bertz CT molecular complexity index is 1090. The van der Waals surface area contributed by atoms with Gasteiger partial charge in [-0.25, -0.2) is 0 Å². The van der Waals surface area contributed by atoms with Crippen molar-refractivity contribution in [3.8, 4) is 0 Å². The van der Waals surface area contributed by atoms with Crippen LogP contribution >= 0.6 is 12.2 Å². The second-order valence-corrected chi connectivity index (χ2v) is 6.92. The summed E-state index contributed by atoms with van der Waals surface area (Å²) in [6.07, 6.45) is 3.75. The van der Waals surface area contributed by atoms with Crippen LogP contribution in [0, 0.1) is 6.92 Å². The minimum atomic E-state index is 0.547. The Kier molecular flexibility index (Phi) is 4.85. The molecule has 0 atom stereocenters. The molecule has 0 bridgehead atoms. The van der Waals surface area contributed by atoms with Crippen molar-refractivity contribution in [3.63, 3.8) is 0 Å². The molecule has 0 unspecified atom stereocenters. The summed E-state index contributed by atoms with van der Waals surface area (Å²) in [6.45, 7) is 2.76. The molecule has 27 heavy (non-hydrogen) atoms. The van der Waals surface area contributed by atoms with Gasteiger partial charge in [0, 0.05) is 11.9 Å². The molecule has 0 spiro atoms. The Morgan fingerprint density at radius 3 is 2.63 bits per heavy atom. The van der Waals surface area contributed by atoms with E-state index in [2.05, 4.69) is 77.3 Å². The first kappa shape index (κ1) is 17.2. The van der Waals surface area contributed by atoms with Crippen LogP contribution in [0.4, 0.5) is 11.4 Å². The van der Waals surface area contributed by atoms with Crippen molar-refractivity contribution in [2.24, 2.45) is 0 Å². The molecule has 0 saturated carbocycles. The second-order valence-electron chi connectivity index (χ2n) is 6.51. The summed E-state index contributed by atoms with van der Waals surface area (Å²) in [6, 6.07) is 22.9. The number of nitrogens with one attached hydrogen (secondary N) is 2. The molecule has 5 heteroatoms. The second kappa shape index (κ2) is 7.60. The number of aryl methyl sites for hydroxylation is 1. The maximum atomic E-state index is 5.40. The molecule has 4 nitrogen and oxygen atoms in total. The van der Waals surface area contributed by atoms with Gasteiger partial charge in [-0.1, -0.05) is 54.6 Å². The van der Waals surface area contributed by atoms with Crippen LogP contribution in [0.15, 0.2) is 79.1 Å². The lowest BCUT2D eigenvalue weighted by Gasteiger charge is -2.09. The molecule has 1 heterocycles. The lowest BCUT2D eigenvalue weighted by Crippen LogP contribution is -2.18. The van der Waals surface area contributed by atoms with Crippen LogP contribution < -0.4 is 10.6 Å². The van der Waals surface area contributed by atoms with E-state index in [0.717, 1.165) is 11.4 Å². The number of thiocarbonyl (C=S) groups is 1. The van der Waals surface area contributed by atoms with Gasteiger partial charge in [0.2, 0.25) is 0 Å². The SMILES string of the molecule is Cc1cccc(NC(=S)Nc2cnn(Cc3cccc4ccccc34)c2)c1. The Morgan fingerprint density at radius 1 is 0.963 bits per heavy atom. The van der Waals surface area contributed by atoms with Crippen LogP contribution in [0.1, 0.15) is 11.1 Å². The third-order valence-electron chi connectivity index (χ3n) is 4.38. The van der Waals surface area contributed by atoms with E-state index in [0.29, 0.717) is 11.7 Å². The number of anilines is 2. The topological polar surface area (TPSA) is 41.9 Å². The molecule has 0 amide bonds. The van der Waals surface area contributed by atoms with Gasteiger partial charge in [0.15, 0.2) is 5.11 Å². The Balaban J connectivity index is 1.44. The van der Waals surface area contributed by atoms with E-state index in [1.165, 1.54) is 21.9 Å². The van der Waals surface area contributed by atoms with E-state index in [-0.39, 0.29) is 0 Å². The van der Waals surface area contributed by atoms with Crippen LogP contribution in [0.2, 0.25) is 0 Å². The summed E-state index contributed by atoms with van der Waals surface area (Å²) in [5, 5.41) is 13.9. The largest absolute Gasteiger partial charge is 0.332 e. The van der Waals surface area contributed by atoms with Crippen LogP contribution in [-0.2, 0) is 6.54 Å². The van der Waals surface area contributed by atoms with E-state index in [1.807, 2.05) is 23.0 Å². The molecule has 0 fully saturated rings. The van der Waals surface area contributed by atoms with Gasteiger partial charge in [0.1, 0.15) is 0 Å². The van der Waals surface area contributed by atoms with Gasteiger partial charge >= 0.3 is 0 Å². The zero-order chi connectivity index (χ0) is 18.6. The smallest absolute Gasteiger partial charge is 0.175 e. The number of fused-ring (bicyclic) bond motifs is 1. The number of aromatic nitrogens is 2. The summed E-state index contributed by atoms with van der Waals surface area (Å²) in [5.74, 6) is 0. The Labute approximate surface area is 163 Å². The van der Waals surface area contributed by atoms with Gasteiger partial charge in [-0.2, -0.15) is 5.10 Å². The predicted octanol–water partition coefficient (Wildman–Crippen LogP) is 5.20. The van der Waals surface area contributed by atoms with E-state index in [1.54, 1.807) is 6.20 Å². The zero-order valence-corrected chi connectivity index (χ0v) is 15.8. The number of benzene rings is 3. The van der Waals surface area contributed by atoms with Crippen LogP contribution in [0.25, 0.3) is 10.8 Å². The molecule has 0 aliphatic heterocycles. The molecule has 4 rings (SSSR count). The zero-order valence-electron chi connectivity index (χ0n) is 15.0. The van der Waals surface area contributed by atoms with E-state index < -0.39 is 0 Å².